The van der Waals surface area contributed by atoms with Crippen LogP contribution in [0.25, 0.3) is 0 Å². The molecule has 3 nitrogen and oxygen atoms in total. The zero-order chi connectivity index (χ0) is 13.0. The molecule has 0 saturated carbocycles. The average Bonchev–Trinajstić information content (AvgIpc) is 2.22. The van der Waals surface area contributed by atoms with Crippen LogP contribution in [0.2, 0.25) is 0 Å². The van der Waals surface area contributed by atoms with Crippen LogP contribution >= 0.6 is 15.9 Å². The zero-order valence-electron chi connectivity index (χ0n) is 9.15. The molecular formula is C11H12BrFO3S. The van der Waals surface area contributed by atoms with Crippen molar-refractivity contribution in [3.05, 3.63) is 34.1 Å². The number of hydrogen-bond acceptors (Lipinski definition) is 2. The smallest absolute Gasteiger partial charge is 0.304 e. The van der Waals surface area contributed by atoms with Gasteiger partial charge in [0, 0.05) is 21.8 Å². The van der Waals surface area contributed by atoms with Crippen LogP contribution in [0.4, 0.5) is 4.39 Å². The zero-order valence-corrected chi connectivity index (χ0v) is 11.6. The first kappa shape index (κ1) is 14.3. The van der Waals surface area contributed by atoms with Crippen LogP contribution in [-0.2, 0) is 21.3 Å². The van der Waals surface area contributed by atoms with Gasteiger partial charge < -0.3 is 5.11 Å². The van der Waals surface area contributed by atoms with E-state index in [9.17, 15) is 13.4 Å². The maximum Gasteiger partial charge on any atom is 0.304 e. The lowest BCUT2D eigenvalue weighted by Crippen LogP contribution is -2.17. The number of halogens is 2. The molecule has 94 valence electrons. The molecule has 2 unspecified atom stereocenters. The van der Waals surface area contributed by atoms with Gasteiger partial charge in [-0.25, -0.2) is 4.39 Å². The quantitative estimate of drug-likeness (QED) is 0.906. The predicted molar refractivity (Wildman–Crippen MR) is 67.7 cm³/mol. The lowest BCUT2D eigenvalue weighted by atomic mass is 10.2. The fourth-order valence-corrected chi connectivity index (χ4v) is 2.82. The summed E-state index contributed by atoms with van der Waals surface area (Å²) in [5.74, 6) is -1.11. The summed E-state index contributed by atoms with van der Waals surface area (Å²) in [6, 6.07) is 4.39. The molecule has 0 aliphatic heterocycles. The van der Waals surface area contributed by atoms with Crippen molar-refractivity contribution in [3.63, 3.8) is 0 Å². The van der Waals surface area contributed by atoms with E-state index in [-0.39, 0.29) is 18.0 Å². The van der Waals surface area contributed by atoms with Crippen molar-refractivity contribution in [2.45, 2.75) is 24.3 Å². The Morgan fingerprint density at radius 2 is 2.24 bits per heavy atom. The van der Waals surface area contributed by atoms with Gasteiger partial charge in [0.15, 0.2) is 0 Å². The molecule has 0 spiro atoms. The Bertz CT molecular complexity index is 450. The third-order valence-electron chi connectivity index (χ3n) is 2.20. The van der Waals surface area contributed by atoms with Gasteiger partial charge in [0.05, 0.1) is 10.9 Å². The van der Waals surface area contributed by atoms with Gasteiger partial charge in [-0.15, -0.1) is 0 Å². The summed E-state index contributed by atoms with van der Waals surface area (Å²) in [6.07, 6.45) is -0.130. The Morgan fingerprint density at radius 3 is 2.76 bits per heavy atom. The first-order chi connectivity index (χ1) is 7.90. The Labute approximate surface area is 110 Å². The number of benzene rings is 1. The van der Waals surface area contributed by atoms with Crippen molar-refractivity contribution >= 4 is 32.7 Å². The maximum absolute atomic E-state index is 13.0. The van der Waals surface area contributed by atoms with Gasteiger partial charge in [-0.05, 0) is 33.6 Å². The Kier molecular flexibility index (Phi) is 5.27. The minimum Gasteiger partial charge on any atom is -0.481 e. The van der Waals surface area contributed by atoms with E-state index < -0.39 is 22.0 Å². The summed E-state index contributed by atoms with van der Waals surface area (Å²) in [4.78, 5) is 10.5. The molecule has 0 amide bonds. The third-order valence-corrected chi connectivity index (χ3v) is 4.49. The van der Waals surface area contributed by atoms with Crippen molar-refractivity contribution < 1.29 is 18.5 Å². The fourth-order valence-electron chi connectivity index (χ4n) is 1.27. The summed E-state index contributed by atoms with van der Waals surface area (Å²) in [5, 5.41) is 8.17. The molecule has 0 aliphatic rings. The third kappa shape index (κ3) is 4.55. The topological polar surface area (TPSA) is 54.4 Å². The maximum atomic E-state index is 13.0. The second kappa shape index (κ2) is 6.26. The molecule has 1 N–H and O–H groups in total. The molecule has 1 rings (SSSR count). The monoisotopic (exact) mass is 322 g/mol. The van der Waals surface area contributed by atoms with E-state index in [1.807, 2.05) is 0 Å². The number of carbonyl (C=O) groups is 1. The van der Waals surface area contributed by atoms with Crippen LogP contribution in [0.5, 0.6) is 0 Å². The molecule has 0 heterocycles. The van der Waals surface area contributed by atoms with Crippen molar-refractivity contribution in [2.24, 2.45) is 0 Å². The molecule has 0 bridgehead atoms. The van der Waals surface area contributed by atoms with Gasteiger partial charge >= 0.3 is 5.97 Å². The summed E-state index contributed by atoms with van der Waals surface area (Å²) in [7, 11) is -1.28. The van der Waals surface area contributed by atoms with E-state index in [4.69, 9.17) is 5.11 Å². The van der Waals surface area contributed by atoms with Gasteiger partial charge in [0.25, 0.3) is 0 Å². The predicted octanol–water partition coefficient (Wildman–Crippen LogP) is 2.70. The first-order valence-corrected chi connectivity index (χ1v) is 7.10. The average molecular weight is 323 g/mol. The molecule has 0 saturated heterocycles. The standard InChI is InChI=1S/C11H12BrFO3S/c1-7(4-11(14)15)17(16)6-8-2-3-10(13)9(12)5-8/h2-3,5,7H,4,6H2,1H3,(H,14,15). The minimum absolute atomic E-state index is 0.130. The Morgan fingerprint density at radius 1 is 1.59 bits per heavy atom. The Balaban J connectivity index is 2.67. The van der Waals surface area contributed by atoms with E-state index in [0.29, 0.717) is 10.0 Å². The minimum atomic E-state index is -1.28. The van der Waals surface area contributed by atoms with Crippen molar-refractivity contribution in [3.8, 4) is 0 Å². The molecule has 0 aliphatic carbocycles. The second-order valence-electron chi connectivity index (χ2n) is 3.68. The number of rotatable bonds is 5. The van der Waals surface area contributed by atoms with Crippen molar-refractivity contribution in [1.29, 1.82) is 0 Å². The summed E-state index contributed by atoms with van der Waals surface area (Å²) in [5.41, 5.74) is 0.717. The molecule has 2 atom stereocenters. The van der Waals surface area contributed by atoms with E-state index in [1.54, 1.807) is 19.1 Å². The van der Waals surface area contributed by atoms with E-state index >= 15 is 0 Å². The highest BCUT2D eigenvalue weighted by Gasteiger charge is 2.15. The molecule has 0 aromatic heterocycles. The van der Waals surface area contributed by atoms with Crippen molar-refractivity contribution in [2.75, 3.05) is 0 Å². The lowest BCUT2D eigenvalue weighted by Gasteiger charge is -2.09. The normalized spacial score (nSPS) is 14.3. The molecule has 6 heteroatoms. The lowest BCUT2D eigenvalue weighted by molar-refractivity contribution is -0.136. The highest BCUT2D eigenvalue weighted by molar-refractivity contribution is 9.10. The first-order valence-electron chi connectivity index (χ1n) is 4.93. The van der Waals surface area contributed by atoms with Gasteiger partial charge in [0.2, 0.25) is 0 Å². The largest absolute Gasteiger partial charge is 0.481 e. The molecule has 17 heavy (non-hydrogen) atoms. The number of carboxylic acid groups (broad SMARTS) is 1. The molecule has 1 aromatic rings. The molecule has 0 fully saturated rings. The molecule has 0 radical (unpaired) electrons. The number of carboxylic acids is 1. The van der Waals surface area contributed by atoms with Gasteiger partial charge in [-0.3, -0.25) is 9.00 Å². The van der Waals surface area contributed by atoms with Crippen LogP contribution in [0.1, 0.15) is 18.9 Å². The van der Waals surface area contributed by atoms with E-state index in [1.165, 1.54) is 6.07 Å². The van der Waals surface area contributed by atoms with Crippen LogP contribution in [0.15, 0.2) is 22.7 Å². The van der Waals surface area contributed by atoms with Crippen LogP contribution < -0.4 is 0 Å². The number of aliphatic carboxylic acids is 1. The fraction of sp³-hybridized carbons (Fsp3) is 0.364. The van der Waals surface area contributed by atoms with Crippen LogP contribution in [0.3, 0.4) is 0 Å². The van der Waals surface area contributed by atoms with Gasteiger partial charge in [-0.1, -0.05) is 13.0 Å². The number of hydrogen-bond donors (Lipinski definition) is 1. The summed E-state index contributed by atoms with van der Waals surface area (Å²) < 4.78 is 25.1. The van der Waals surface area contributed by atoms with E-state index in [2.05, 4.69) is 15.9 Å². The summed E-state index contributed by atoms with van der Waals surface area (Å²) in [6.45, 7) is 1.63. The highest BCUT2D eigenvalue weighted by Crippen LogP contribution is 2.18. The SMILES string of the molecule is CC(CC(=O)O)S(=O)Cc1ccc(F)c(Br)c1. The second-order valence-corrected chi connectivity index (χ2v) is 6.39. The van der Waals surface area contributed by atoms with E-state index in [0.717, 1.165) is 0 Å². The van der Waals surface area contributed by atoms with Crippen LogP contribution in [-0.4, -0.2) is 20.5 Å². The summed E-state index contributed by atoms with van der Waals surface area (Å²) >= 11 is 3.05. The highest BCUT2D eigenvalue weighted by atomic mass is 79.9. The van der Waals surface area contributed by atoms with Crippen LogP contribution in [0, 0.1) is 5.82 Å². The Hall–Kier alpha value is -0.750. The van der Waals surface area contributed by atoms with Gasteiger partial charge in [-0.2, -0.15) is 0 Å². The molecular weight excluding hydrogens is 311 g/mol. The molecule has 1 aromatic carbocycles. The van der Waals surface area contributed by atoms with Gasteiger partial charge in [0.1, 0.15) is 5.82 Å². The van der Waals surface area contributed by atoms with Crippen molar-refractivity contribution in [1.82, 2.24) is 0 Å².